The molecule has 0 amide bonds. The second-order valence-corrected chi connectivity index (χ2v) is 13.8. The van der Waals surface area contributed by atoms with Gasteiger partial charge in [-0.1, -0.05) is 84.9 Å². The molecule has 0 saturated heterocycles. The highest BCUT2D eigenvalue weighted by Crippen LogP contribution is 2.51. The van der Waals surface area contributed by atoms with E-state index >= 15 is 0 Å². The Kier molecular flexibility index (Phi) is 5.96. The first-order valence-electron chi connectivity index (χ1n) is 16.4. The van der Waals surface area contributed by atoms with Crippen molar-refractivity contribution in [1.82, 2.24) is 4.57 Å². The van der Waals surface area contributed by atoms with Crippen LogP contribution in [0.15, 0.2) is 151 Å². The quantitative estimate of drug-likeness (QED) is 0.193. The highest BCUT2D eigenvalue weighted by molar-refractivity contribution is 7.26. The fourth-order valence-corrected chi connectivity index (χ4v) is 9.27. The lowest BCUT2D eigenvalue weighted by Gasteiger charge is -2.31. The Balaban J connectivity index is 1.26. The number of rotatable bonds is 3. The van der Waals surface area contributed by atoms with Gasteiger partial charge in [0, 0.05) is 59.4 Å². The highest BCUT2D eigenvalue weighted by Gasteiger charge is 2.39. The predicted octanol–water partition coefficient (Wildman–Crippen LogP) is 11.3. The maximum Gasteiger partial charge on any atom is 0.0998 e. The number of anilines is 2. The second kappa shape index (κ2) is 10.6. The summed E-state index contributed by atoms with van der Waals surface area (Å²) >= 11 is 1.83. The van der Waals surface area contributed by atoms with Gasteiger partial charge in [0.1, 0.15) is 0 Å². The van der Waals surface area contributed by atoms with Crippen LogP contribution in [-0.2, 0) is 0 Å². The number of benzene rings is 6. The molecule has 3 heterocycles. The molecule has 0 radical (unpaired) electrons. The zero-order chi connectivity index (χ0) is 32.6. The Bertz CT molecular complexity index is 2820. The molecule has 0 bridgehead atoms. The molecule has 49 heavy (non-hydrogen) atoms. The van der Waals surface area contributed by atoms with E-state index in [1.807, 2.05) is 29.5 Å². The fourth-order valence-electron chi connectivity index (χ4n) is 8.16. The third-order valence-electron chi connectivity index (χ3n) is 10.2. The summed E-state index contributed by atoms with van der Waals surface area (Å²) in [4.78, 5) is 2.36. The van der Waals surface area contributed by atoms with E-state index in [4.69, 9.17) is 0 Å². The summed E-state index contributed by atoms with van der Waals surface area (Å²) in [5.74, 6) is 0.0450. The molecule has 0 spiro atoms. The van der Waals surface area contributed by atoms with Crippen LogP contribution in [0.1, 0.15) is 17.0 Å². The van der Waals surface area contributed by atoms with Crippen molar-refractivity contribution in [1.29, 1.82) is 10.5 Å². The SMILES string of the molecule is N#CC1=CC2c3ccccc3N(c3cccc(C#N)c3-c3ccc4c(c3)c3ccc5sc6ccccc6c5c3n4-c3ccccc3)C2C=C1. The maximum atomic E-state index is 10.5. The van der Waals surface area contributed by atoms with Crippen LogP contribution >= 0.6 is 11.3 Å². The van der Waals surface area contributed by atoms with Gasteiger partial charge in [0.15, 0.2) is 0 Å². The minimum absolute atomic E-state index is 0.00826. The van der Waals surface area contributed by atoms with Crippen LogP contribution < -0.4 is 4.90 Å². The highest BCUT2D eigenvalue weighted by atomic mass is 32.1. The summed E-state index contributed by atoms with van der Waals surface area (Å²) < 4.78 is 4.95. The minimum atomic E-state index is -0.00826. The lowest BCUT2D eigenvalue weighted by molar-refractivity contribution is 0.741. The van der Waals surface area contributed by atoms with Crippen molar-refractivity contribution < 1.29 is 0 Å². The molecule has 5 heteroatoms. The van der Waals surface area contributed by atoms with E-state index in [9.17, 15) is 10.5 Å². The fraction of sp³-hybridized carbons (Fsp3) is 0.0455. The lowest BCUT2D eigenvalue weighted by atomic mass is 9.88. The summed E-state index contributed by atoms with van der Waals surface area (Å²) in [5.41, 5.74) is 9.92. The van der Waals surface area contributed by atoms with E-state index in [2.05, 4.69) is 149 Å². The standard InChI is InChI=1S/C44H26N4S/c45-25-27-17-20-38-34(23-27)31-12-4-6-14-36(31)48(38)39-15-8-9-29(26-46)42(39)28-18-21-37-35(24-28)32-19-22-41-43(33-13-5-7-16-40(33)49-41)44(32)47(37)30-10-2-1-3-11-30/h1-24,34,38H. The number of allylic oxidation sites excluding steroid dienone is 2. The van der Waals surface area contributed by atoms with Crippen LogP contribution in [0.5, 0.6) is 0 Å². The Morgan fingerprint density at radius 3 is 2.35 bits per heavy atom. The molecule has 6 aromatic carbocycles. The zero-order valence-corrected chi connectivity index (χ0v) is 27.0. The van der Waals surface area contributed by atoms with Crippen LogP contribution in [0.3, 0.4) is 0 Å². The molecule has 2 aromatic heterocycles. The largest absolute Gasteiger partial charge is 0.333 e. The predicted molar refractivity (Wildman–Crippen MR) is 202 cm³/mol. The Labute approximate surface area is 286 Å². The molecule has 1 aliphatic heterocycles. The number of hydrogen-bond acceptors (Lipinski definition) is 4. The van der Waals surface area contributed by atoms with Crippen molar-refractivity contribution in [3.63, 3.8) is 0 Å². The van der Waals surface area contributed by atoms with Gasteiger partial charge in [-0.2, -0.15) is 10.5 Å². The average molecular weight is 643 g/mol. The molecule has 2 aliphatic rings. The number of para-hydroxylation sites is 2. The van der Waals surface area contributed by atoms with E-state index < -0.39 is 0 Å². The first-order chi connectivity index (χ1) is 24.2. The lowest BCUT2D eigenvalue weighted by Crippen LogP contribution is -2.29. The Hall–Kier alpha value is -6.40. The van der Waals surface area contributed by atoms with Gasteiger partial charge in [-0.25, -0.2) is 0 Å². The Morgan fingerprint density at radius 2 is 1.47 bits per heavy atom. The van der Waals surface area contributed by atoms with E-state index in [0.717, 1.165) is 39.1 Å². The van der Waals surface area contributed by atoms with Crippen molar-refractivity contribution in [3.8, 4) is 29.0 Å². The molecule has 8 aromatic rings. The molecule has 1 aliphatic carbocycles. The van der Waals surface area contributed by atoms with E-state index in [1.54, 1.807) is 0 Å². The number of hydrogen-bond donors (Lipinski definition) is 0. The number of nitriles is 2. The van der Waals surface area contributed by atoms with Crippen molar-refractivity contribution >= 4 is 64.7 Å². The summed E-state index contributed by atoms with van der Waals surface area (Å²) in [6.45, 7) is 0. The summed E-state index contributed by atoms with van der Waals surface area (Å²) in [6, 6.07) is 49.8. The minimum Gasteiger partial charge on any atom is -0.333 e. The summed E-state index contributed by atoms with van der Waals surface area (Å²) in [7, 11) is 0. The molecular weight excluding hydrogens is 617 g/mol. The van der Waals surface area contributed by atoms with Crippen LogP contribution in [-0.4, -0.2) is 10.6 Å². The van der Waals surface area contributed by atoms with Crippen molar-refractivity contribution in [2.45, 2.75) is 12.0 Å². The van der Waals surface area contributed by atoms with Crippen molar-refractivity contribution in [2.75, 3.05) is 4.90 Å². The topological polar surface area (TPSA) is 55.8 Å². The van der Waals surface area contributed by atoms with Gasteiger partial charge in [0.25, 0.3) is 0 Å². The van der Waals surface area contributed by atoms with Gasteiger partial charge < -0.3 is 9.47 Å². The number of nitrogens with zero attached hydrogens (tertiary/aromatic N) is 4. The van der Waals surface area contributed by atoms with Crippen LogP contribution in [0.4, 0.5) is 11.4 Å². The smallest absolute Gasteiger partial charge is 0.0998 e. The van der Waals surface area contributed by atoms with Gasteiger partial charge in [-0.3, -0.25) is 0 Å². The third kappa shape index (κ3) is 3.94. The summed E-state index contributed by atoms with van der Waals surface area (Å²) in [5, 5.41) is 25.1. The van der Waals surface area contributed by atoms with Crippen LogP contribution in [0, 0.1) is 22.7 Å². The molecule has 0 N–H and O–H groups in total. The molecule has 4 nitrogen and oxygen atoms in total. The normalized spacial score (nSPS) is 16.5. The number of aromatic nitrogens is 1. The second-order valence-electron chi connectivity index (χ2n) is 12.7. The van der Waals surface area contributed by atoms with Crippen molar-refractivity contribution in [3.05, 3.63) is 162 Å². The maximum absolute atomic E-state index is 10.5. The van der Waals surface area contributed by atoms with E-state index in [0.29, 0.717) is 11.1 Å². The van der Waals surface area contributed by atoms with E-state index in [-0.39, 0.29) is 12.0 Å². The molecule has 2 atom stereocenters. The molecule has 0 fully saturated rings. The van der Waals surface area contributed by atoms with E-state index in [1.165, 1.54) is 36.6 Å². The van der Waals surface area contributed by atoms with Gasteiger partial charge in [-0.05, 0) is 71.8 Å². The molecule has 10 rings (SSSR count). The summed E-state index contributed by atoms with van der Waals surface area (Å²) in [6.07, 6.45) is 6.14. The first-order valence-corrected chi connectivity index (χ1v) is 17.2. The Morgan fingerprint density at radius 1 is 0.653 bits per heavy atom. The van der Waals surface area contributed by atoms with Gasteiger partial charge in [-0.15, -0.1) is 11.3 Å². The van der Waals surface area contributed by atoms with Crippen molar-refractivity contribution in [2.24, 2.45) is 0 Å². The molecule has 0 saturated carbocycles. The zero-order valence-electron chi connectivity index (χ0n) is 26.2. The third-order valence-corrected chi connectivity index (χ3v) is 11.3. The van der Waals surface area contributed by atoms with Crippen LogP contribution in [0.25, 0.3) is 58.8 Å². The van der Waals surface area contributed by atoms with Gasteiger partial charge in [0.2, 0.25) is 0 Å². The molecule has 228 valence electrons. The van der Waals surface area contributed by atoms with Gasteiger partial charge in [0.05, 0.1) is 40.5 Å². The monoisotopic (exact) mass is 642 g/mol. The average Bonchev–Trinajstić information content (AvgIpc) is 3.81. The molecular formula is C44H26N4S. The number of thiophene rings is 1. The number of fused-ring (bicyclic) bond motifs is 10. The van der Waals surface area contributed by atoms with Crippen LogP contribution in [0.2, 0.25) is 0 Å². The first kappa shape index (κ1) is 27.7. The molecule has 2 unspecified atom stereocenters. The van der Waals surface area contributed by atoms with Gasteiger partial charge >= 0.3 is 0 Å².